The summed E-state index contributed by atoms with van der Waals surface area (Å²) in [5.41, 5.74) is 3.33. The minimum Gasteiger partial charge on any atom is -0.294 e. The Morgan fingerprint density at radius 2 is 1.74 bits per heavy atom. The Bertz CT molecular complexity index is 626. The lowest BCUT2D eigenvalue weighted by molar-refractivity contribution is 0.0924. The van der Waals surface area contributed by atoms with E-state index >= 15 is 0 Å². The van der Waals surface area contributed by atoms with Crippen molar-refractivity contribution in [3.8, 4) is 0 Å². The lowest BCUT2D eigenvalue weighted by Gasteiger charge is -2.08. The fraction of sp³-hybridized carbons (Fsp3) is 0.188. The molecule has 0 aromatic heterocycles. The predicted molar refractivity (Wildman–Crippen MR) is 80.8 cm³/mol. The number of ketones is 1. The molecule has 3 heteroatoms. The largest absolute Gasteiger partial charge is 0.294 e. The van der Waals surface area contributed by atoms with Crippen molar-refractivity contribution < 1.29 is 4.79 Å². The summed E-state index contributed by atoms with van der Waals surface area (Å²) in [5.74, 6) is 0.263. The summed E-state index contributed by atoms with van der Waals surface area (Å²) in [6.45, 7) is 0. The molecule has 2 aromatic carbocycles. The first-order valence-corrected chi connectivity index (χ1v) is 7.38. The van der Waals surface area contributed by atoms with Gasteiger partial charge in [0.15, 0.2) is 5.78 Å². The van der Waals surface area contributed by atoms with E-state index in [2.05, 4.69) is 28.1 Å². The first-order valence-electron chi connectivity index (χ1n) is 6.21. The van der Waals surface area contributed by atoms with Crippen LogP contribution in [0.4, 0.5) is 0 Å². The zero-order valence-corrected chi connectivity index (χ0v) is 12.5. The van der Waals surface area contributed by atoms with Gasteiger partial charge >= 0.3 is 0 Å². The van der Waals surface area contributed by atoms with E-state index in [1.54, 1.807) is 12.1 Å². The SMILES string of the molecule is O=C(c1ccc(Cl)c(Br)c1)C1Cc2ccccc2C1. The first kappa shape index (κ1) is 12.9. The van der Waals surface area contributed by atoms with E-state index in [-0.39, 0.29) is 11.7 Å². The highest BCUT2D eigenvalue weighted by molar-refractivity contribution is 9.10. The average molecular weight is 336 g/mol. The number of hydrogen-bond donors (Lipinski definition) is 0. The number of rotatable bonds is 2. The third-order valence-electron chi connectivity index (χ3n) is 3.63. The number of Topliss-reactive ketones (excluding diaryl/α,β-unsaturated/α-hetero) is 1. The molecule has 0 fully saturated rings. The maximum absolute atomic E-state index is 12.5. The highest BCUT2D eigenvalue weighted by atomic mass is 79.9. The van der Waals surface area contributed by atoms with Gasteiger partial charge in [0.05, 0.1) is 5.02 Å². The van der Waals surface area contributed by atoms with Gasteiger partial charge in [-0.3, -0.25) is 4.79 Å². The Hall–Kier alpha value is -1.12. The maximum Gasteiger partial charge on any atom is 0.166 e. The van der Waals surface area contributed by atoms with Crippen molar-refractivity contribution >= 4 is 33.3 Å². The first-order chi connectivity index (χ1) is 9.15. The summed E-state index contributed by atoms with van der Waals surface area (Å²) in [5, 5.41) is 0.631. The highest BCUT2D eigenvalue weighted by Crippen LogP contribution is 2.30. The monoisotopic (exact) mass is 334 g/mol. The number of carbonyl (C=O) groups is 1. The van der Waals surface area contributed by atoms with Crippen molar-refractivity contribution in [2.45, 2.75) is 12.8 Å². The van der Waals surface area contributed by atoms with Crippen molar-refractivity contribution in [1.82, 2.24) is 0 Å². The number of carbonyl (C=O) groups excluding carboxylic acids is 1. The number of halogens is 2. The van der Waals surface area contributed by atoms with Crippen molar-refractivity contribution in [3.05, 3.63) is 68.7 Å². The van der Waals surface area contributed by atoms with Crippen LogP contribution in [0.2, 0.25) is 5.02 Å². The normalized spacial score (nSPS) is 14.4. The summed E-state index contributed by atoms with van der Waals surface area (Å²) < 4.78 is 0.774. The van der Waals surface area contributed by atoms with E-state index in [4.69, 9.17) is 11.6 Å². The molecule has 19 heavy (non-hydrogen) atoms. The quantitative estimate of drug-likeness (QED) is 0.727. The van der Waals surface area contributed by atoms with Crippen molar-refractivity contribution in [1.29, 1.82) is 0 Å². The minimum atomic E-state index is 0.0606. The van der Waals surface area contributed by atoms with Crippen LogP contribution in [0, 0.1) is 5.92 Å². The van der Waals surface area contributed by atoms with E-state index in [0.717, 1.165) is 22.9 Å². The van der Waals surface area contributed by atoms with Gasteiger partial charge in [0.2, 0.25) is 0 Å². The van der Waals surface area contributed by atoms with Gasteiger partial charge in [-0.1, -0.05) is 35.9 Å². The topological polar surface area (TPSA) is 17.1 Å². The van der Waals surface area contributed by atoms with Gasteiger partial charge in [-0.05, 0) is 58.1 Å². The summed E-state index contributed by atoms with van der Waals surface area (Å²) >= 11 is 9.33. The zero-order chi connectivity index (χ0) is 13.4. The predicted octanol–water partition coefficient (Wildman–Crippen LogP) is 4.70. The van der Waals surface area contributed by atoms with Crippen LogP contribution in [0.15, 0.2) is 46.9 Å². The van der Waals surface area contributed by atoms with Gasteiger partial charge < -0.3 is 0 Å². The van der Waals surface area contributed by atoms with Crippen LogP contribution < -0.4 is 0 Å². The molecule has 1 aliphatic carbocycles. The van der Waals surface area contributed by atoms with Crippen LogP contribution >= 0.6 is 27.5 Å². The second kappa shape index (κ2) is 5.10. The van der Waals surface area contributed by atoms with Crippen LogP contribution in [0.5, 0.6) is 0 Å². The number of fused-ring (bicyclic) bond motifs is 1. The molecule has 0 unspecified atom stereocenters. The molecular weight excluding hydrogens is 324 g/mol. The van der Waals surface area contributed by atoms with E-state index in [1.807, 2.05) is 18.2 Å². The molecule has 0 N–H and O–H groups in total. The van der Waals surface area contributed by atoms with E-state index in [9.17, 15) is 4.79 Å². The van der Waals surface area contributed by atoms with Crippen LogP contribution in [0.1, 0.15) is 21.5 Å². The molecule has 2 aromatic rings. The third kappa shape index (κ3) is 2.47. The number of benzene rings is 2. The molecular formula is C16H12BrClO. The Labute approximate surface area is 125 Å². The fourth-order valence-electron chi connectivity index (χ4n) is 2.63. The van der Waals surface area contributed by atoms with Gasteiger partial charge in [0.25, 0.3) is 0 Å². The van der Waals surface area contributed by atoms with Gasteiger partial charge in [-0.2, -0.15) is 0 Å². The summed E-state index contributed by atoms with van der Waals surface area (Å²) in [7, 11) is 0. The second-order valence-electron chi connectivity index (χ2n) is 4.87. The Morgan fingerprint density at radius 1 is 1.11 bits per heavy atom. The molecule has 0 saturated heterocycles. The lowest BCUT2D eigenvalue weighted by Crippen LogP contribution is -2.14. The summed E-state index contributed by atoms with van der Waals surface area (Å²) in [6.07, 6.45) is 1.69. The van der Waals surface area contributed by atoms with E-state index in [0.29, 0.717) is 5.02 Å². The molecule has 3 rings (SSSR count). The lowest BCUT2D eigenvalue weighted by atomic mass is 9.95. The third-order valence-corrected chi connectivity index (χ3v) is 4.84. The Kier molecular flexibility index (Phi) is 3.46. The minimum absolute atomic E-state index is 0.0606. The molecule has 0 heterocycles. The van der Waals surface area contributed by atoms with E-state index in [1.165, 1.54) is 11.1 Å². The molecule has 1 nitrogen and oxygen atoms in total. The Morgan fingerprint density at radius 3 is 2.32 bits per heavy atom. The van der Waals surface area contributed by atoms with Crippen molar-refractivity contribution in [2.75, 3.05) is 0 Å². The molecule has 0 amide bonds. The van der Waals surface area contributed by atoms with Crippen molar-refractivity contribution in [3.63, 3.8) is 0 Å². The Balaban J connectivity index is 1.85. The van der Waals surface area contributed by atoms with Gasteiger partial charge in [0, 0.05) is 16.0 Å². The van der Waals surface area contributed by atoms with Crippen LogP contribution in [0.3, 0.4) is 0 Å². The smallest absolute Gasteiger partial charge is 0.166 e. The van der Waals surface area contributed by atoms with Gasteiger partial charge in [-0.25, -0.2) is 0 Å². The average Bonchev–Trinajstić information content (AvgIpc) is 2.85. The second-order valence-corrected chi connectivity index (χ2v) is 6.13. The molecule has 1 aliphatic rings. The number of hydrogen-bond acceptors (Lipinski definition) is 1. The van der Waals surface area contributed by atoms with Crippen LogP contribution in [0.25, 0.3) is 0 Å². The molecule has 0 spiro atoms. The van der Waals surface area contributed by atoms with Crippen LogP contribution in [-0.2, 0) is 12.8 Å². The molecule has 0 atom stereocenters. The molecule has 96 valence electrons. The van der Waals surface area contributed by atoms with Gasteiger partial charge in [-0.15, -0.1) is 0 Å². The maximum atomic E-state index is 12.5. The zero-order valence-electron chi connectivity index (χ0n) is 10.2. The van der Waals surface area contributed by atoms with Gasteiger partial charge in [0.1, 0.15) is 0 Å². The highest BCUT2D eigenvalue weighted by Gasteiger charge is 2.27. The molecule has 0 radical (unpaired) electrons. The summed E-state index contributed by atoms with van der Waals surface area (Å²) in [4.78, 5) is 12.5. The van der Waals surface area contributed by atoms with E-state index < -0.39 is 0 Å². The standard InChI is InChI=1S/C16H12BrClO/c17-14-9-12(5-6-15(14)18)16(19)13-7-10-3-1-2-4-11(10)8-13/h1-6,9,13H,7-8H2. The van der Waals surface area contributed by atoms with Crippen LogP contribution in [-0.4, -0.2) is 5.78 Å². The fourth-order valence-corrected chi connectivity index (χ4v) is 3.13. The molecule has 0 aliphatic heterocycles. The molecule has 0 saturated carbocycles. The molecule has 0 bridgehead atoms. The van der Waals surface area contributed by atoms with Crippen molar-refractivity contribution in [2.24, 2.45) is 5.92 Å². The summed E-state index contributed by atoms with van der Waals surface area (Å²) in [6, 6.07) is 13.7.